The number of aromatic nitrogens is 3. The summed E-state index contributed by atoms with van der Waals surface area (Å²) in [5, 5.41) is 7.61. The average Bonchev–Trinajstić information content (AvgIpc) is 3.86. The highest BCUT2D eigenvalue weighted by atomic mass is 32.1. The maximum absolute atomic E-state index is 4.82. The van der Waals surface area contributed by atoms with Gasteiger partial charge in [0.2, 0.25) is 0 Å². The van der Waals surface area contributed by atoms with Gasteiger partial charge in [0, 0.05) is 59.2 Å². The summed E-state index contributed by atoms with van der Waals surface area (Å²) in [5.74, 6) is 0. The molecule has 0 bridgehead atoms. The Morgan fingerprint density at radius 3 is 1.73 bits per heavy atom. The average molecular weight is 668 g/mol. The minimum atomic E-state index is 1.04. The van der Waals surface area contributed by atoms with Crippen molar-refractivity contribution in [3.63, 3.8) is 0 Å². The number of fused-ring (bicyclic) bond motifs is 9. The monoisotopic (exact) mass is 667 g/mol. The normalized spacial score (nSPS) is 11.9. The van der Waals surface area contributed by atoms with Crippen molar-refractivity contribution in [2.45, 2.75) is 0 Å². The second-order valence-electron chi connectivity index (χ2n) is 13.2. The van der Waals surface area contributed by atoms with Crippen LogP contribution in [-0.4, -0.2) is 14.1 Å². The molecule has 4 heteroatoms. The number of hydrogen-bond acceptors (Lipinski definition) is 2. The van der Waals surface area contributed by atoms with Crippen LogP contribution in [0, 0.1) is 0 Å². The molecule has 0 radical (unpaired) electrons. The van der Waals surface area contributed by atoms with Crippen LogP contribution in [0.3, 0.4) is 0 Å². The first-order chi connectivity index (χ1) is 25.3. The number of pyridine rings is 1. The van der Waals surface area contributed by atoms with Gasteiger partial charge in [-0.05, 0) is 71.3 Å². The van der Waals surface area contributed by atoms with Crippen molar-refractivity contribution in [2.24, 2.45) is 0 Å². The van der Waals surface area contributed by atoms with E-state index < -0.39 is 0 Å². The van der Waals surface area contributed by atoms with Crippen molar-refractivity contribution < 1.29 is 0 Å². The van der Waals surface area contributed by atoms with E-state index in [1.807, 2.05) is 23.7 Å². The largest absolute Gasteiger partial charge is 0.309 e. The van der Waals surface area contributed by atoms with Crippen molar-refractivity contribution in [3.05, 3.63) is 176 Å². The van der Waals surface area contributed by atoms with E-state index in [4.69, 9.17) is 4.98 Å². The van der Waals surface area contributed by atoms with Crippen molar-refractivity contribution >= 4 is 75.1 Å². The zero-order valence-corrected chi connectivity index (χ0v) is 28.3. The number of nitrogens with zero attached hydrogens (tertiary/aromatic N) is 3. The number of rotatable bonds is 4. The highest BCUT2D eigenvalue weighted by Crippen LogP contribution is 2.41. The second-order valence-corrected chi connectivity index (χ2v) is 14.3. The van der Waals surface area contributed by atoms with Crippen molar-refractivity contribution in [1.82, 2.24) is 14.1 Å². The van der Waals surface area contributed by atoms with E-state index in [1.165, 1.54) is 63.9 Å². The highest BCUT2D eigenvalue weighted by Gasteiger charge is 2.17. The molecule has 0 amide bonds. The topological polar surface area (TPSA) is 22.8 Å². The molecule has 0 N–H and O–H groups in total. The Morgan fingerprint density at radius 1 is 0.373 bits per heavy atom. The standard InChI is InChI=1S/C47H29N3S/c1-5-19-42-36(13-1)37-14-2-6-20-43(37)49(42)33-23-24-45-41(27-33)38-15-3-7-21-44(38)50(45)34-26-32(28-48-29-34)30-11-9-12-31(25-30)35-17-10-18-40-39-16-4-8-22-46(39)51-47(35)40/h1-29H. The quantitative estimate of drug-likeness (QED) is 0.183. The van der Waals surface area contributed by atoms with Gasteiger partial charge in [0.25, 0.3) is 0 Å². The van der Waals surface area contributed by atoms with Crippen LogP contribution in [0.1, 0.15) is 0 Å². The Bertz CT molecular complexity index is 3100. The Balaban J connectivity index is 1.06. The molecule has 0 atom stereocenters. The van der Waals surface area contributed by atoms with Crippen LogP contribution in [0.2, 0.25) is 0 Å². The maximum Gasteiger partial charge on any atom is 0.0651 e. The molecule has 0 saturated heterocycles. The van der Waals surface area contributed by atoms with E-state index in [9.17, 15) is 0 Å². The Labute approximate surface area is 297 Å². The molecular weight excluding hydrogens is 639 g/mol. The van der Waals surface area contributed by atoms with Crippen molar-refractivity contribution in [1.29, 1.82) is 0 Å². The van der Waals surface area contributed by atoms with Gasteiger partial charge in [-0.1, -0.05) is 109 Å². The van der Waals surface area contributed by atoms with Gasteiger partial charge in [0.1, 0.15) is 0 Å². The predicted octanol–water partition coefficient (Wildman–Crippen LogP) is 13.0. The number of para-hydroxylation sites is 3. The summed E-state index contributed by atoms with van der Waals surface area (Å²) in [6.45, 7) is 0. The van der Waals surface area contributed by atoms with E-state index in [2.05, 4.69) is 173 Å². The van der Waals surface area contributed by atoms with Gasteiger partial charge in [-0.2, -0.15) is 0 Å². The molecule has 0 aliphatic rings. The number of hydrogen-bond donors (Lipinski definition) is 0. The summed E-state index contributed by atoms with van der Waals surface area (Å²) in [6.07, 6.45) is 3.97. The summed E-state index contributed by atoms with van der Waals surface area (Å²) in [7, 11) is 0. The lowest BCUT2D eigenvalue weighted by molar-refractivity contribution is 1.14. The Hall–Kier alpha value is -6.49. The molecule has 4 aromatic heterocycles. The lowest BCUT2D eigenvalue weighted by atomic mass is 9.98. The minimum Gasteiger partial charge on any atom is -0.309 e. The minimum absolute atomic E-state index is 1.04. The molecule has 0 fully saturated rings. The van der Waals surface area contributed by atoms with E-state index in [-0.39, 0.29) is 0 Å². The first-order valence-corrected chi connectivity index (χ1v) is 18.1. The molecule has 0 aliphatic carbocycles. The molecule has 11 aromatic rings. The summed E-state index contributed by atoms with van der Waals surface area (Å²) in [5.41, 5.74) is 11.7. The summed E-state index contributed by atoms with van der Waals surface area (Å²) in [4.78, 5) is 4.82. The van der Waals surface area contributed by atoms with Gasteiger partial charge in [-0.25, -0.2) is 0 Å². The van der Waals surface area contributed by atoms with Crippen LogP contribution >= 0.6 is 11.3 Å². The van der Waals surface area contributed by atoms with Gasteiger partial charge in [0.05, 0.1) is 34.0 Å². The van der Waals surface area contributed by atoms with E-state index in [0.717, 1.165) is 33.5 Å². The van der Waals surface area contributed by atoms with Gasteiger partial charge >= 0.3 is 0 Å². The SMILES string of the molecule is c1cc(-c2cncc(-n3c4ccccc4c4cc(-n5c6ccccc6c6ccccc65)ccc43)c2)cc(-c2cccc3c2sc2ccccc23)c1. The van der Waals surface area contributed by atoms with Crippen LogP contribution in [0.25, 0.3) is 97.4 Å². The van der Waals surface area contributed by atoms with Gasteiger partial charge in [0.15, 0.2) is 0 Å². The van der Waals surface area contributed by atoms with Gasteiger partial charge in [-0.3, -0.25) is 4.98 Å². The third-order valence-electron chi connectivity index (χ3n) is 10.4. The third-order valence-corrected chi connectivity index (χ3v) is 11.6. The first kappa shape index (κ1) is 28.4. The maximum atomic E-state index is 4.82. The second kappa shape index (κ2) is 11.0. The molecule has 4 heterocycles. The molecule has 51 heavy (non-hydrogen) atoms. The fraction of sp³-hybridized carbons (Fsp3) is 0. The van der Waals surface area contributed by atoms with E-state index in [0.29, 0.717) is 0 Å². The molecule has 11 rings (SSSR count). The van der Waals surface area contributed by atoms with Gasteiger partial charge in [-0.15, -0.1) is 11.3 Å². The summed E-state index contributed by atoms with van der Waals surface area (Å²) in [6, 6.07) is 59.5. The third kappa shape index (κ3) is 4.27. The predicted molar refractivity (Wildman–Crippen MR) is 217 cm³/mol. The fourth-order valence-corrected chi connectivity index (χ4v) is 9.37. The molecule has 0 spiro atoms. The number of thiophene rings is 1. The zero-order chi connectivity index (χ0) is 33.5. The summed E-state index contributed by atoms with van der Waals surface area (Å²) < 4.78 is 7.40. The first-order valence-electron chi connectivity index (χ1n) is 17.3. The van der Waals surface area contributed by atoms with Crippen LogP contribution in [-0.2, 0) is 0 Å². The molecule has 0 unspecified atom stereocenters. The number of benzene rings is 7. The van der Waals surface area contributed by atoms with Gasteiger partial charge < -0.3 is 9.13 Å². The molecule has 0 aliphatic heterocycles. The Morgan fingerprint density at radius 2 is 0.961 bits per heavy atom. The van der Waals surface area contributed by atoms with Crippen molar-refractivity contribution in [3.8, 4) is 33.6 Å². The molecule has 7 aromatic carbocycles. The van der Waals surface area contributed by atoms with Crippen molar-refractivity contribution in [2.75, 3.05) is 0 Å². The molecular formula is C47H29N3S. The highest BCUT2D eigenvalue weighted by molar-refractivity contribution is 7.26. The molecule has 3 nitrogen and oxygen atoms in total. The summed E-state index contributed by atoms with van der Waals surface area (Å²) >= 11 is 1.87. The molecule has 238 valence electrons. The zero-order valence-electron chi connectivity index (χ0n) is 27.5. The van der Waals surface area contributed by atoms with Crippen LogP contribution < -0.4 is 0 Å². The van der Waals surface area contributed by atoms with Crippen LogP contribution in [0.4, 0.5) is 0 Å². The van der Waals surface area contributed by atoms with E-state index >= 15 is 0 Å². The Kier molecular flexibility index (Phi) is 6.12. The van der Waals surface area contributed by atoms with Crippen LogP contribution in [0.5, 0.6) is 0 Å². The fourth-order valence-electron chi connectivity index (χ4n) is 8.13. The molecule has 0 saturated carbocycles. The van der Waals surface area contributed by atoms with E-state index in [1.54, 1.807) is 0 Å². The lowest BCUT2D eigenvalue weighted by Gasteiger charge is -2.12. The van der Waals surface area contributed by atoms with Crippen LogP contribution in [0.15, 0.2) is 176 Å². The lowest BCUT2D eigenvalue weighted by Crippen LogP contribution is -1.97. The smallest absolute Gasteiger partial charge is 0.0651 e.